The first-order valence-electron chi connectivity index (χ1n) is 7.18. The molecule has 0 aliphatic heterocycles. The molecule has 0 spiro atoms. The van der Waals surface area contributed by atoms with Crippen LogP contribution in [0.1, 0.15) is 18.2 Å². The van der Waals surface area contributed by atoms with Crippen molar-refractivity contribution in [2.75, 3.05) is 0 Å². The van der Waals surface area contributed by atoms with Crippen molar-refractivity contribution in [2.24, 2.45) is 0 Å². The van der Waals surface area contributed by atoms with Crippen molar-refractivity contribution in [1.29, 1.82) is 0 Å². The van der Waals surface area contributed by atoms with Gasteiger partial charge in [0.05, 0.1) is 11.2 Å². The molecule has 0 unspecified atom stereocenters. The van der Waals surface area contributed by atoms with Gasteiger partial charge in [0.25, 0.3) is 0 Å². The summed E-state index contributed by atoms with van der Waals surface area (Å²) < 4.78 is 7.95. The quantitative estimate of drug-likeness (QED) is 0.775. The first-order valence-corrected chi connectivity index (χ1v) is 7.18. The predicted octanol–water partition coefficient (Wildman–Crippen LogP) is 4.25. The van der Waals surface area contributed by atoms with Crippen molar-refractivity contribution in [3.63, 3.8) is 0 Å². The standard InChI is InChI=1S/C18H19NO2/c1-3-19-15(11-14-5-4-6-17(20)18(14)19)12-21-16-9-7-13(2)8-10-16/h4-11,20H,3,12H2,1-2H3. The number of phenolic OH excluding ortho intramolecular Hbond substituents is 1. The third-order valence-corrected chi connectivity index (χ3v) is 3.71. The van der Waals surface area contributed by atoms with Gasteiger partial charge in [-0.25, -0.2) is 0 Å². The van der Waals surface area contributed by atoms with Crippen LogP contribution >= 0.6 is 0 Å². The molecule has 0 radical (unpaired) electrons. The lowest BCUT2D eigenvalue weighted by molar-refractivity contribution is 0.296. The average Bonchev–Trinajstić information content (AvgIpc) is 2.85. The van der Waals surface area contributed by atoms with E-state index >= 15 is 0 Å². The van der Waals surface area contributed by atoms with Crippen LogP contribution < -0.4 is 4.74 Å². The smallest absolute Gasteiger partial charge is 0.139 e. The maximum Gasteiger partial charge on any atom is 0.139 e. The average molecular weight is 281 g/mol. The molecule has 0 amide bonds. The van der Waals surface area contributed by atoms with Crippen LogP contribution in [-0.2, 0) is 13.2 Å². The van der Waals surface area contributed by atoms with Gasteiger partial charge in [-0.2, -0.15) is 0 Å². The van der Waals surface area contributed by atoms with Crippen LogP contribution in [0.5, 0.6) is 11.5 Å². The number of hydrogen-bond donors (Lipinski definition) is 1. The Hall–Kier alpha value is -2.42. The van der Waals surface area contributed by atoms with E-state index in [1.807, 2.05) is 36.4 Å². The maximum absolute atomic E-state index is 10.1. The minimum Gasteiger partial charge on any atom is -0.506 e. The summed E-state index contributed by atoms with van der Waals surface area (Å²) >= 11 is 0. The molecule has 108 valence electrons. The maximum atomic E-state index is 10.1. The third-order valence-electron chi connectivity index (χ3n) is 3.71. The van der Waals surface area contributed by atoms with Crippen LogP contribution in [0.15, 0.2) is 48.5 Å². The monoisotopic (exact) mass is 281 g/mol. The molecule has 0 bridgehead atoms. The number of aryl methyl sites for hydroxylation is 2. The molecular formula is C18H19NO2. The zero-order valence-corrected chi connectivity index (χ0v) is 12.3. The van der Waals surface area contributed by atoms with Crippen molar-refractivity contribution in [2.45, 2.75) is 27.0 Å². The van der Waals surface area contributed by atoms with Crippen molar-refractivity contribution >= 4 is 10.9 Å². The molecule has 3 nitrogen and oxygen atoms in total. The van der Waals surface area contributed by atoms with Gasteiger partial charge in [0.2, 0.25) is 0 Å². The van der Waals surface area contributed by atoms with E-state index in [9.17, 15) is 5.11 Å². The Balaban J connectivity index is 1.90. The van der Waals surface area contributed by atoms with Gasteiger partial charge in [-0.15, -0.1) is 0 Å². The molecule has 1 aromatic heterocycles. The summed E-state index contributed by atoms with van der Waals surface area (Å²) in [6.45, 7) is 5.42. The molecule has 21 heavy (non-hydrogen) atoms. The second-order valence-corrected chi connectivity index (χ2v) is 5.20. The van der Waals surface area contributed by atoms with Gasteiger partial charge in [-0.1, -0.05) is 29.8 Å². The number of rotatable bonds is 4. The Labute approximate surface area is 124 Å². The molecule has 0 aliphatic carbocycles. The summed E-state index contributed by atoms with van der Waals surface area (Å²) in [6, 6.07) is 15.7. The number of aromatic nitrogens is 1. The van der Waals surface area contributed by atoms with Crippen molar-refractivity contribution < 1.29 is 9.84 Å². The largest absolute Gasteiger partial charge is 0.506 e. The first-order chi connectivity index (χ1) is 10.2. The molecule has 3 rings (SSSR count). The summed E-state index contributed by atoms with van der Waals surface area (Å²) in [4.78, 5) is 0. The van der Waals surface area contributed by atoms with E-state index in [-0.39, 0.29) is 0 Å². The van der Waals surface area contributed by atoms with Gasteiger partial charge in [0, 0.05) is 11.9 Å². The number of phenols is 1. The molecular weight excluding hydrogens is 262 g/mol. The highest BCUT2D eigenvalue weighted by Crippen LogP contribution is 2.28. The van der Waals surface area contributed by atoms with Gasteiger partial charge in [-0.05, 0) is 38.1 Å². The Bertz CT molecular complexity index is 757. The Morgan fingerprint density at radius 1 is 1.10 bits per heavy atom. The Morgan fingerprint density at radius 3 is 2.57 bits per heavy atom. The number of ether oxygens (including phenoxy) is 1. The fraction of sp³-hybridized carbons (Fsp3) is 0.222. The molecule has 3 heteroatoms. The fourth-order valence-corrected chi connectivity index (χ4v) is 2.63. The highest BCUT2D eigenvalue weighted by atomic mass is 16.5. The van der Waals surface area contributed by atoms with E-state index in [2.05, 4.69) is 24.5 Å². The summed E-state index contributed by atoms with van der Waals surface area (Å²) in [7, 11) is 0. The number of fused-ring (bicyclic) bond motifs is 1. The number of para-hydroxylation sites is 1. The number of nitrogens with zero attached hydrogens (tertiary/aromatic N) is 1. The minimum atomic E-state index is 0.316. The second-order valence-electron chi connectivity index (χ2n) is 5.20. The van der Waals surface area contributed by atoms with Crippen molar-refractivity contribution in [1.82, 2.24) is 4.57 Å². The topological polar surface area (TPSA) is 34.4 Å². The summed E-state index contributed by atoms with van der Waals surface area (Å²) in [5, 5.41) is 11.1. The minimum absolute atomic E-state index is 0.316. The fourth-order valence-electron chi connectivity index (χ4n) is 2.63. The van der Waals surface area contributed by atoms with Gasteiger partial charge in [-0.3, -0.25) is 0 Å². The van der Waals surface area contributed by atoms with E-state index in [1.165, 1.54) is 5.56 Å². The van der Waals surface area contributed by atoms with Crippen molar-refractivity contribution in [3.05, 3.63) is 59.8 Å². The highest BCUT2D eigenvalue weighted by molar-refractivity contribution is 5.86. The van der Waals surface area contributed by atoms with E-state index in [1.54, 1.807) is 6.07 Å². The first kappa shape index (κ1) is 13.6. The zero-order valence-electron chi connectivity index (χ0n) is 12.3. The van der Waals surface area contributed by atoms with Crippen LogP contribution in [0, 0.1) is 6.92 Å². The lowest BCUT2D eigenvalue weighted by Crippen LogP contribution is -2.04. The lowest BCUT2D eigenvalue weighted by atomic mass is 10.2. The van der Waals surface area contributed by atoms with Crippen LogP contribution in [0.3, 0.4) is 0 Å². The Kier molecular flexibility index (Phi) is 3.57. The van der Waals surface area contributed by atoms with Crippen molar-refractivity contribution in [3.8, 4) is 11.5 Å². The Morgan fingerprint density at radius 2 is 1.86 bits per heavy atom. The third kappa shape index (κ3) is 2.59. The highest BCUT2D eigenvalue weighted by Gasteiger charge is 2.11. The van der Waals surface area contributed by atoms with Gasteiger partial charge in [0.15, 0.2) is 0 Å². The number of hydrogen-bond acceptors (Lipinski definition) is 2. The normalized spacial score (nSPS) is 11.0. The molecule has 1 N–H and O–H groups in total. The SMILES string of the molecule is CCn1c(COc2ccc(C)cc2)cc2cccc(O)c21. The van der Waals surface area contributed by atoms with E-state index in [4.69, 9.17) is 4.74 Å². The molecule has 2 aromatic carbocycles. The van der Waals surface area contributed by atoms with Crippen LogP contribution in [0.25, 0.3) is 10.9 Å². The van der Waals surface area contributed by atoms with Gasteiger partial charge < -0.3 is 14.4 Å². The molecule has 0 fully saturated rings. The molecule has 3 aromatic rings. The molecule has 0 saturated heterocycles. The molecule has 0 saturated carbocycles. The van der Waals surface area contributed by atoms with Crippen LogP contribution in [0.2, 0.25) is 0 Å². The number of benzene rings is 2. The second kappa shape index (κ2) is 5.52. The van der Waals surface area contributed by atoms with E-state index in [0.717, 1.165) is 28.9 Å². The predicted molar refractivity (Wildman–Crippen MR) is 84.8 cm³/mol. The van der Waals surface area contributed by atoms with Crippen LogP contribution in [-0.4, -0.2) is 9.67 Å². The molecule has 0 aliphatic rings. The molecule has 0 atom stereocenters. The van der Waals surface area contributed by atoms with Crippen LogP contribution in [0.4, 0.5) is 0 Å². The number of aromatic hydroxyl groups is 1. The summed E-state index contributed by atoms with van der Waals surface area (Å²) in [5.41, 5.74) is 3.16. The zero-order chi connectivity index (χ0) is 14.8. The van der Waals surface area contributed by atoms with Gasteiger partial charge >= 0.3 is 0 Å². The van der Waals surface area contributed by atoms with Gasteiger partial charge in [0.1, 0.15) is 18.1 Å². The summed E-state index contributed by atoms with van der Waals surface area (Å²) in [5.74, 6) is 1.17. The lowest BCUT2D eigenvalue weighted by Gasteiger charge is -2.10. The molecule has 1 heterocycles. The van der Waals surface area contributed by atoms with E-state index < -0.39 is 0 Å². The summed E-state index contributed by atoms with van der Waals surface area (Å²) in [6.07, 6.45) is 0. The van der Waals surface area contributed by atoms with E-state index in [0.29, 0.717) is 12.4 Å².